The van der Waals surface area contributed by atoms with Gasteiger partial charge >= 0.3 is 0 Å². The summed E-state index contributed by atoms with van der Waals surface area (Å²) in [5, 5.41) is 3.68. The van der Waals surface area contributed by atoms with Gasteiger partial charge in [-0.05, 0) is 68.7 Å². The van der Waals surface area contributed by atoms with Crippen molar-refractivity contribution in [3.8, 4) is 0 Å². The molecule has 0 saturated carbocycles. The fourth-order valence-electron chi connectivity index (χ4n) is 5.79. The molecule has 9 heteroatoms. The summed E-state index contributed by atoms with van der Waals surface area (Å²) >= 11 is 1.54. The van der Waals surface area contributed by atoms with Crippen LogP contribution in [0, 0.1) is 5.92 Å². The lowest BCUT2D eigenvalue weighted by molar-refractivity contribution is -0.117. The van der Waals surface area contributed by atoms with Crippen molar-refractivity contribution in [2.45, 2.75) is 38.5 Å². The van der Waals surface area contributed by atoms with Gasteiger partial charge in [0, 0.05) is 50.3 Å². The lowest BCUT2D eigenvalue weighted by atomic mass is 9.95. The number of hydrogen-bond acceptors (Lipinski definition) is 7. The van der Waals surface area contributed by atoms with E-state index in [1.54, 1.807) is 0 Å². The molecule has 2 aromatic rings. The molecule has 2 saturated heterocycles. The number of aryl methyl sites for hydroxylation is 1. The summed E-state index contributed by atoms with van der Waals surface area (Å²) in [6, 6.07) is 6.08. The first-order valence-electron chi connectivity index (χ1n) is 12.9. The summed E-state index contributed by atoms with van der Waals surface area (Å²) in [6.45, 7) is 7.44. The zero-order chi connectivity index (χ0) is 24.2. The number of carbonyl (C=O) groups is 2. The van der Waals surface area contributed by atoms with Crippen molar-refractivity contribution in [1.82, 2.24) is 14.8 Å². The number of carbonyl (C=O) groups excluding carboxylic acids is 2. The largest absolute Gasteiger partial charge is 0.365 e. The summed E-state index contributed by atoms with van der Waals surface area (Å²) in [5.41, 5.74) is 7.29. The molecule has 2 fully saturated rings. The fourth-order valence-corrected chi connectivity index (χ4v) is 7.10. The van der Waals surface area contributed by atoms with Crippen molar-refractivity contribution in [3.63, 3.8) is 0 Å². The van der Waals surface area contributed by atoms with Gasteiger partial charge < -0.3 is 16.0 Å². The van der Waals surface area contributed by atoms with E-state index in [0.717, 1.165) is 89.3 Å². The highest BCUT2D eigenvalue weighted by Crippen LogP contribution is 2.37. The van der Waals surface area contributed by atoms with Crippen molar-refractivity contribution in [2.75, 3.05) is 62.6 Å². The van der Waals surface area contributed by atoms with E-state index in [0.29, 0.717) is 23.0 Å². The van der Waals surface area contributed by atoms with Gasteiger partial charge in [0.2, 0.25) is 5.91 Å². The predicted octanol–water partition coefficient (Wildman–Crippen LogP) is 2.59. The number of likely N-dealkylation sites (tertiary alicyclic amines) is 1. The number of amides is 2. The molecule has 3 N–H and O–H groups in total. The summed E-state index contributed by atoms with van der Waals surface area (Å²) in [5.74, 6) is 1.16. The summed E-state index contributed by atoms with van der Waals surface area (Å²) in [4.78, 5) is 37.9. The molecule has 2 aliphatic heterocycles. The zero-order valence-electron chi connectivity index (χ0n) is 20.4. The fraction of sp³-hybridized carbons (Fsp3) is 0.577. The van der Waals surface area contributed by atoms with Crippen LogP contribution >= 0.6 is 11.3 Å². The first kappa shape index (κ1) is 24.2. The number of nitrogens with zero attached hydrogens (tertiary/aromatic N) is 4. The minimum atomic E-state index is -0.430. The van der Waals surface area contributed by atoms with Crippen LogP contribution in [-0.4, -0.2) is 79.0 Å². The highest BCUT2D eigenvalue weighted by Gasteiger charge is 2.28. The number of pyridine rings is 1. The molecule has 3 aliphatic rings. The minimum absolute atomic E-state index is 0.0456. The van der Waals surface area contributed by atoms with Crippen molar-refractivity contribution >= 4 is 34.0 Å². The van der Waals surface area contributed by atoms with Crippen LogP contribution in [0.3, 0.4) is 0 Å². The van der Waals surface area contributed by atoms with Crippen molar-refractivity contribution in [3.05, 3.63) is 40.4 Å². The molecule has 2 amide bonds. The van der Waals surface area contributed by atoms with E-state index in [1.807, 2.05) is 18.3 Å². The van der Waals surface area contributed by atoms with E-state index in [9.17, 15) is 9.59 Å². The second-order valence-corrected chi connectivity index (χ2v) is 11.2. The van der Waals surface area contributed by atoms with Crippen LogP contribution in [0.2, 0.25) is 0 Å². The molecule has 0 aromatic carbocycles. The second-order valence-electron chi connectivity index (χ2n) is 10.0. The maximum Gasteiger partial charge on any atom is 0.251 e. The molecule has 2 aromatic heterocycles. The van der Waals surface area contributed by atoms with Gasteiger partial charge in [0.1, 0.15) is 10.8 Å². The SMILES string of the molecule is NC(=O)c1c(NC(=O)CN2CCCC(CN3CCN(c4ccccn4)CC3)C2)sc2c1CCCC2. The third-order valence-corrected chi connectivity index (χ3v) is 8.71. The van der Waals surface area contributed by atoms with Crippen LogP contribution in [-0.2, 0) is 17.6 Å². The van der Waals surface area contributed by atoms with Gasteiger partial charge in [0.05, 0.1) is 12.1 Å². The number of piperidine rings is 1. The molecule has 8 nitrogen and oxygen atoms in total. The number of anilines is 2. The van der Waals surface area contributed by atoms with Crippen molar-refractivity contribution in [1.29, 1.82) is 0 Å². The van der Waals surface area contributed by atoms with E-state index < -0.39 is 5.91 Å². The van der Waals surface area contributed by atoms with Gasteiger partial charge in [-0.2, -0.15) is 0 Å². The van der Waals surface area contributed by atoms with E-state index in [1.165, 1.54) is 22.6 Å². The Balaban J connectivity index is 1.11. The van der Waals surface area contributed by atoms with Crippen LogP contribution in [0.15, 0.2) is 24.4 Å². The molecule has 0 radical (unpaired) electrons. The maximum absolute atomic E-state index is 12.9. The maximum atomic E-state index is 12.9. The Morgan fingerprint density at radius 1 is 1.06 bits per heavy atom. The van der Waals surface area contributed by atoms with Crippen LogP contribution in [0.1, 0.15) is 46.5 Å². The van der Waals surface area contributed by atoms with Crippen LogP contribution in [0.25, 0.3) is 0 Å². The van der Waals surface area contributed by atoms with Crippen LogP contribution in [0.5, 0.6) is 0 Å². The monoisotopic (exact) mass is 496 g/mol. The number of fused-ring (bicyclic) bond motifs is 1. The third kappa shape index (κ3) is 5.85. The van der Waals surface area contributed by atoms with E-state index in [2.05, 4.69) is 31.1 Å². The third-order valence-electron chi connectivity index (χ3n) is 7.50. The Kier molecular flexibility index (Phi) is 7.65. The Morgan fingerprint density at radius 3 is 2.66 bits per heavy atom. The molecule has 35 heavy (non-hydrogen) atoms. The molecule has 1 unspecified atom stereocenters. The normalized spacial score (nSPS) is 21.5. The molecule has 5 rings (SSSR count). The summed E-state index contributed by atoms with van der Waals surface area (Å²) < 4.78 is 0. The number of hydrogen-bond donors (Lipinski definition) is 2. The molecule has 4 heterocycles. The number of aromatic nitrogens is 1. The zero-order valence-corrected chi connectivity index (χ0v) is 21.2. The highest BCUT2D eigenvalue weighted by molar-refractivity contribution is 7.17. The van der Waals surface area contributed by atoms with Gasteiger partial charge in [-0.1, -0.05) is 6.07 Å². The molecule has 1 aliphatic carbocycles. The summed E-state index contributed by atoms with van der Waals surface area (Å²) in [7, 11) is 0. The molecule has 0 bridgehead atoms. The Labute approximate surface area is 211 Å². The molecule has 0 spiro atoms. The lowest BCUT2D eigenvalue weighted by Gasteiger charge is -2.39. The average Bonchev–Trinajstić information content (AvgIpc) is 3.23. The number of thiophene rings is 1. The number of nitrogens with one attached hydrogen (secondary N) is 1. The number of piperazine rings is 1. The Morgan fingerprint density at radius 2 is 1.89 bits per heavy atom. The van der Waals surface area contributed by atoms with E-state index in [4.69, 9.17) is 5.73 Å². The first-order valence-corrected chi connectivity index (χ1v) is 13.7. The van der Waals surface area contributed by atoms with E-state index >= 15 is 0 Å². The van der Waals surface area contributed by atoms with Gasteiger partial charge in [0.15, 0.2) is 0 Å². The minimum Gasteiger partial charge on any atom is -0.365 e. The first-order chi connectivity index (χ1) is 17.1. The van der Waals surface area contributed by atoms with Crippen molar-refractivity contribution in [2.24, 2.45) is 11.7 Å². The average molecular weight is 497 g/mol. The van der Waals surface area contributed by atoms with Crippen LogP contribution < -0.4 is 16.0 Å². The number of primary amides is 1. The molecular formula is C26H36N6O2S. The second kappa shape index (κ2) is 11.1. The smallest absolute Gasteiger partial charge is 0.251 e. The van der Waals surface area contributed by atoms with Gasteiger partial charge in [0.25, 0.3) is 5.91 Å². The predicted molar refractivity (Wildman–Crippen MR) is 140 cm³/mol. The van der Waals surface area contributed by atoms with Crippen molar-refractivity contribution < 1.29 is 9.59 Å². The number of nitrogens with two attached hydrogens (primary N) is 1. The molecule has 188 valence electrons. The van der Waals surface area contributed by atoms with Gasteiger partial charge in [-0.15, -0.1) is 11.3 Å². The standard InChI is InChI=1S/C26H36N6O2S/c27-25(34)24-20-7-1-2-8-21(20)35-26(24)29-23(33)18-31-11-5-6-19(17-31)16-30-12-14-32(15-13-30)22-9-3-4-10-28-22/h3-4,9-10,19H,1-2,5-8,11-18H2,(H2,27,34)(H,29,33). The summed E-state index contributed by atoms with van der Waals surface area (Å²) in [6.07, 6.45) is 8.24. The molecular weight excluding hydrogens is 460 g/mol. The lowest BCUT2D eigenvalue weighted by Crippen LogP contribution is -2.50. The van der Waals surface area contributed by atoms with Crippen LogP contribution in [0.4, 0.5) is 10.8 Å². The molecule has 1 atom stereocenters. The quantitative estimate of drug-likeness (QED) is 0.612. The highest BCUT2D eigenvalue weighted by atomic mass is 32.1. The van der Waals surface area contributed by atoms with Gasteiger partial charge in [-0.3, -0.25) is 19.4 Å². The number of rotatable bonds is 7. The van der Waals surface area contributed by atoms with E-state index in [-0.39, 0.29) is 5.91 Å². The topological polar surface area (TPSA) is 94.8 Å². The Hall–Kier alpha value is -2.49. The van der Waals surface area contributed by atoms with Gasteiger partial charge in [-0.25, -0.2) is 4.98 Å². The Bertz CT molecular complexity index is 1030.